The summed E-state index contributed by atoms with van der Waals surface area (Å²) in [5.41, 5.74) is 2.59. The average molecular weight is 412 g/mol. The summed E-state index contributed by atoms with van der Waals surface area (Å²) in [5.74, 6) is 1.62. The van der Waals surface area contributed by atoms with Crippen LogP contribution in [0.5, 0.6) is 0 Å². The molecule has 0 atom stereocenters. The van der Waals surface area contributed by atoms with E-state index in [2.05, 4.69) is 15.2 Å². The highest BCUT2D eigenvalue weighted by Gasteiger charge is 2.15. The highest BCUT2D eigenvalue weighted by molar-refractivity contribution is 7.99. The van der Waals surface area contributed by atoms with Crippen LogP contribution in [0, 0.1) is 13.8 Å². The van der Waals surface area contributed by atoms with Crippen LogP contribution < -0.4 is 10.0 Å². The fourth-order valence-electron chi connectivity index (χ4n) is 2.41. The maximum atomic E-state index is 12.2. The molecule has 27 heavy (non-hydrogen) atoms. The molecule has 0 spiro atoms. The fourth-order valence-corrected chi connectivity index (χ4v) is 4.73. The molecule has 0 aliphatic heterocycles. The maximum absolute atomic E-state index is 12.2. The van der Waals surface area contributed by atoms with Crippen molar-refractivity contribution in [1.82, 2.24) is 15.2 Å². The molecule has 2 rings (SSSR count). The Labute approximate surface area is 164 Å². The number of nitrogens with one attached hydrogen (secondary N) is 2. The summed E-state index contributed by atoms with van der Waals surface area (Å²) in [6.07, 6.45) is 0. The summed E-state index contributed by atoms with van der Waals surface area (Å²) >= 11 is 1.48. The molecule has 1 amide bonds. The van der Waals surface area contributed by atoms with Gasteiger partial charge >= 0.3 is 0 Å². The smallest absolute Gasteiger partial charge is 0.240 e. The largest absolute Gasteiger partial charge is 0.361 e. The standard InChI is InChI=1S/C18H25N3O4S2/c1-12(2)21-27(23,24)16-7-5-6-15(8-16)9-19-18(22)11-26-10-17-13(3)20-25-14(17)4/h5-8,12,21H,9-11H2,1-4H3,(H,19,22). The monoisotopic (exact) mass is 411 g/mol. The van der Waals surface area contributed by atoms with Crippen LogP contribution in [0.2, 0.25) is 0 Å². The molecule has 0 saturated heterocycles. The van der Waals surface area contributed by atoms with Gasteiger partial charge in [0.1, 0.15) is 5.76 Å². The molecule has 7 nitrogen and oxygen atoms in total. The molecule has 1 aromatic carbocycles. The minimum Gasteiger partial charge on any atom is -0.361 e. The van der Waals surface area contributed by atoms with Crippen LogP contribution in [0.1, 0.15) is 36.4 Å². The minimum atomic E-state index is -3.55. The van der Waals surface area contributed by atoms with E-state index in [9.17, 15) is 13.2 Å². The van der Waals surface area contributed by atoms with E-state index >= 15 is 0 Å². The van der Waals surface area contributed by atoms with E-state index in [1.54, 1.807) is 32.0 Å². The predicted octanol–water partition coefficient (Wildman–Crippen LogP) is 2.53. The predicted molar refractivity (Wildman–Crippen MR) is 106 cm³/mol. The molecule has 0 aliphatic carbocycles. The van der Waals surface area contributed by atoms with Crippen molar-refractivity contribution in [2.45, 2.75) is 50.9 Å². The molecule has 2 N–H and O–H groups in total. The highest BCUT2D eigenvalue weighted by Crippen LogP contribution is 2.19. The van der Waals surface area contributed by atoms with E-state index in [0.29, 0.717) is 11.5 Å². The fraction of sp³-hybridized carbons (Fsp3) is 0.444. The maximum Gasteiger partial charge on any atom is 0.240 e. The van der Waals surface area contributed by atoms with Gasteiger partial charge in [-0.2, -0.15) is 0 Å². The van der Waals surface area contributed by atoms with Gasteiger partial charge in [-0.1, -0.05) is 17.3 Å². The lowest BCUT2D eigenvalue weighted by atomic mass is 10.2. The van der Waals surface area contributed by atoms with Gasteiger partial charge in [0.25, 0.3) is 0 Å². The molecule has 0 bridgehead atoms. The summed E-state index contributed by atoms with van der Waals surface area (Å²) in [6.45, 7) is 7.53. The van der Waals surface area contributed by atoms with Crippen molar-refractivity contribution in [3.63, 3.8) is 0 Å². The number of carbonyl (C=O) groups is 1. The van der Waals surface area contributed by atoms with Crippen molar-refractivity contribution < 1.29 is 17.7 Å². The van der Waals surface area contributed by atoms with Gasteiger partial charge in [-0.25, -0.2) is 13.1 Å². The van der Waals surface area contributed by atoms with E-state index in [1.807, 2.05) is 13.8 Å². The first-order valence-corrected chi connectivity index (χ1v) is 11.2. The number of benzene rings is 1. The van der Waals surface area contributed by atoms with Crippen molar-refractivity contribution in [3.05, 3.63) is 46.8 Å². The number of rotatable bonds is 9. The van der Waals surface area contributed by atoms with Gasteiger partial charge in [-0.15, -0.1) is 11.8 Å². The Balaban J connectivity index is 1.85. The zero-order valence-electron chi connectivity index (χ0n) is 15.9. The molecule has 2 aromatic rings. The summed E-state index contributed by atoms with van der Waals surface area (Å²) in [4.78, 5) is 12.2. The molecule has 0 fully saturated rings. The van der Waals surface area contributed by atoms with Crippen molar-refractivity contribution in [1.29, 1.82) is 0 Å². The van der Waals surface area contributed by atoms with E-state index in [0.717, 1.165) is 22.6 Å². The Morgan fingerprint density at radius 1 is 1.30 bits per heavy atom. The molecule has 0 unspecified atom stereocenters. The van der Waals surface area contributed by atoms with Gasteiger partial charge in [-0.3, -0.25) is 4.79 Å². The zero-order valence-corrected chi connectivity index (χ0v) is 17.5. The second-order valence-electron chi connectivity index (χ2n) is 6.50. The lowest BCUT2D eigenvalue weighted by Gasteiger charge is -2.11. The van der Waals surface area contributed by atoms with Crippen molar-refractivity contribution >= 4 is 27.7 Å². The van der Waals surface area contributed by atoms with Gasteiger partial charge < -0.3 is 9.84 Å². The Hall–Kier alpha value is -1.84. The number of amides is 1. The van der Waals surface area contributed by atoms with Crippen molar-refractivity contribution in [2.75, 3.05) is 5.75 Å². The van der Waals surface area contributed by atoms with Crippen molar-refractivity contribution in [2.24, 2.45) is 0 Å². The molecule has 0 saturated carbocycles. The Bertz CT molecular complexity index is 872. The molecule has 9 heteroatoms. The molecule has 0 radical (unpaired) electrons. The summed E-state index contributed by atoms with van der Waals surface area (Å²) < 4.78 is 32.1. The van der Waals surface area contributed by atoms with Crippen LogP contribution in [-0.4, -0.2) is 31.3 Å². The van der Waals surface area contributed by atoms with Crippen LogP contribution in [-0.2, 0) is 27.1 Å². The molecule has 1 aromatic heterocycles. The van der Waals surface area contributed by atoms with Gasteiger partial charge in [-0.05, 0) is 45.4 Å². The summed E-state index contributed by atoms with van der Waals surface area (Å²) in [5, 5.41) is 6.71. The number of aryl methyl sites for hydroxylation is 2. The van der Waals surface area contributed by atoms with E-state index in [4.69, 9.17) is 4.52 Å². The van der Waals surface area contributed by atoms with Crippen molar-refractivity contribution in [3.8, 4) is 0 Å². The second-order valence-corrected chi connectivity index (χ2v) is 9.20. The first-order chi connectivity index (χ1) is 12.7. The van der Waals surface area contributed by atoms with Gasteiger partial charge in [0, 0.05) is 23.9 Å². The van der Waals surface area contributed by atoms with E-state index < -0.39 is 10.0 Å². The Morgan fingerprint density at radius 3 is 2.67 bits per heavy atom. The topological polar surface area (TPSA) is 101 Å². The third kappa shape index (κ3) is 6.37. The Kier molecular flexibility index (Phi) is 7.46. The Morgan fingerprint density at radius 2 is 2.04 bits per heavy atom. The number of aromatic nitrogens is 1. The highest BCUT2D eigenvalue weighted by atomic mass is 32.2. The van der Waals surface area contributed by atoms with E-state index in [-0.39, 0.29) is 23.4 Å². The van der Waals surface area contributed by atoms with Crippen LogP contribution in [0.3, 0.4) is 0 Å². The number of carbonyl (C=O) groups excluding carboxylic acids is 1. The SMILES string of the molecule is Cc1noc(C)c1CSCC(=O)NCc1cccc(S(=O)(=O)NC(C)C)c1. The van der Waals surface area contributed by atoms with Crippen LogP contribution in [0.4, 0.5) is 0 Å². The molecule has 0 aliphatic rings. The van der Waals surface area contributed by atoms with Crippen LogP contribution in [0.25, 0.3) is 0 Å². The quantitative estimate of drug-likeness (QED) is 0.657. The number of nitrogens with zero attached hydrogens (tertiary/aromatic N) is 1. The first-order valence-electron chi connectivity index (χ1n) is 8.56. The van der Waals surface area contributed by atoms with Gasteiger partial charge in [0.2, 0.25) is 15.9 Å². The first kappa shape index (κ1) is 21.5. The molecular weight excluding hydrogens is 386 g/mol. The third-order valence-corrected chi connectivity index (χ3v) is 6.37. The lowest BCUT2D eigenvalue weighted by Crippen LogP contribution is -2.30. The minimum absolute atomic E-state index is 0.111. The number of thioether (sulfide) groups is 1. The van der Waals surface area contributed by atoms with Crippen LogP contribution in [0.15, 0.2) is 33.7 Å². The summed E-state index contributed by atoms with van der Waals surface area (Å²) in [7, 11) is -3.55. The number of hydrogen-bond acceptors (Lipinski definition) is 6. The van der Waals surface area contributed by atoms with Gasteiger partial charge in [0.15, 0.2) is 0 Å². The normalized spacial score (nSPS) is 11.7. The molecule has 148 valence electrons. The second kappa shape index (κ2) is 9.38. The zero-order chi connectivity index (χ0) is 20.0. The van der Waals surface area contributed by atoms with Gasteiger partial charge in [0.05, 0.1) is 16.3 Å². The number of sulfonamides is 1. The molecular formula is C18H25N3O4S2. The molecule has 1 heterocycles. The van der Waals surface area contributed by atoms with Crippen LogP contribution >= 0.6 is 11.8 Å². The summed E-state index contributed by atoms with van der Waals surface area (Å²) in [6, 6.07) is 6.37. The third-order valence-electron chi connectivity index (χ3n) is 3.75. The average Bonchev–Trinajstić information content (AvgIpc) is 2.91. The number of hydrogen-bond donors (Lipinski definition) is 2. The lowest BCUT2D eigenvalue weighted by molar-refractivity contribution is -0.118. The van der Waals surface area contributed by atoms with E-state index in [1.165, 1.54) is 17.8 Å².